The monoisotopic (exact) mass is 428 g/mol. The van der Waals surface area contributed by atoms with Crippen LogP contribution in [-0.4, -0.2) is 57.3 Å². The highest BCUT2D eigenvalue weighted by atomic mass is 16.2. The number of hydrogen-bond acceptors (Lipinski definition) is 4. The van der Waals surface area contributed by atoms with Gasteiger partial charge in [0.15, 0.2) is 0 Å². The summed E-state index contributed by atoms with van der Waals surface area (Å²) in [5.41, 5.74) is 4.27. The minimum absolute atomic E-state index is 0.00312. The molecule has 1 aromatic heterocycles. The first-order chi connectivity index (χ1) is 15.6. The number of amides is 2. The Balaban J connectivity index is 1.63. The van der Waals surface area contributed by atoms with E-state index in [1.807, 2.05) is 42.2 Å². The predicted octanol–water partition coefficient (Wildman–Crippen LogP) is 3.76. The van der Waals surface area contributed by atoms with Gasteiger partial charge in [-0.25, -0.2) is 4.98 Å². The quantitative estimate of drug-likeness (QED) is 0.600. The van der Waals surface area contributed by atoms with Crippen LogP contribution in [0.1, 0.15) is 35.1 Å². The highest BCUT2D eigenvalue weighted by Gasteiger charge is 2.38. The van der Waals surface area contributed by atoms with Crippen molar-refractivity contribution in [3.8, 4) is 11.1 Å². The molecule has 164 valence electrons. The van der Waals surface area contributed by atoms with Gasteiger partial charge in [-0.3, -0.25) is 14.6 Å². The number of aryl methyl sites for hydroxylation is 1. The Morgan fingerprint density at radius 2 is 1.78 bits per heavy atom. The molecule has 1 unspecified atom stereocenters. The summed E-state index contributed by atoms with van der Waals surface area (Å²) in [6, 6.07) is 17.8. The molecule has 6 heteroatoms. The Bertz CT molecular complexity index is 1080. The smallest absolute Gasteiger partial charge is 0.274 e. The van der Waals surface area contributed by atoms with Crippen LogP contribution in [0.25, 0.3) is 11.1 Å². The summed E-state index contributed by atoms with van der Waals surface area (Å²) in [4.78, 5) is 38.6. The maximum absolute atomic E-state index is 13.4. The van der Waals surface area contributed by atoms with Crippen molar-refractivity contribution in [3.63, 3.8) is 0 Å². The van der Waals surface area contributed by atoms with E-state index in [1.54, 1.807) is 11.1 Å². The Hall–Kier alpha value is -3.54. The number of carbonyl (C=O) groups is 2. The van der Waals surface area contributed by atoms with Crippen LogP contribution in [0.4, 0.5) is 0 Å². The van der Waals surface area contributed by atoms with Gasteiger partial charge in [0.1, 0.15) is 11.7 Å². The predicted molar refractivity (Wildman–Crippen MR) is 124 cm³/mol. The second-order valence-corrected chi connectivity index (χ2v) is 8.15. The molecule has 0 radical (unpaired) electrons. The van der Waals surface area contributed by atoms with Gasteiger partial charge in [-0.15, -0.1) is 0 Å². The number of piperazine rings is 1. The summed E-state index contributed by atoms with van der Waals surface area (Å²) in [6.07, 6.45) is 4.43. The highest BCUT2D eigenvalue weighted by Crippen LogP contribution is 2.23. The van der Waals surface area contributed by atoms with E-state index in [1.165, 1.54) is 6.20 Å². The molecule has 1 fully saturated rings. The fraction of sp³-hybridized carbons (Fsp3) is 0.308. The first kappa shape index (κ1) is 21.7. The van der Waals surface area contributed by atoms with Crippen LogP contribution in [0, 0.1) is 6.92 Å². The number of aromatic nitrogens is 2. The van der Waals surface area contributed by atoms with E-state index in [9.17, 15) is 9.59 Å². The van der Waals surface area contributed by atoms with Gasteiger partial charge in [-0.05, 0) is 30.0 Å². The van der Waals surface area contributed by atoms with Gasteiger partial charge in [-0.1, -0.05) is 61.5 Å². The van der Waals surface area contributed by atoms with Crippen molar-refractivity contribution < 1.29 is 9.59 Å². The molecule has 0 spiro atoms. The van der Waals surface area contributed by atoms with Gasteiger partial charge in [-0.2, -0.15) is 0 Å². The number of rotatable bonds is 6. The van der Waals surface area contributed by atoms with Gasteiger partial charge in [0.25, 0.3) is 5.91 Å². The van der Waals surface area contributed by atoms with Gasteiger partial charge in [0, 0.05) is 32.3 Å². The van der Waals surface area contributed by atoms with Crippen LogP contribution in [0.5, 0.6) is 0 Å². The van der Waals surface area contributed by atoms with E-state index in [0.717, 1.165) is 28.8 Å². The molecule has 2 aromatic carbocycles. The minimum Gasteiger partial charge on any atom is -0.339 e. The van der Waals surface area contributed by atoms with Crippen molar-refractivity contribution in [1.29, 1.82) is 0 Å². The lowest BCUT2D eigenvalue weighted by Gasteiger charge is -2.40. The van der Waals surface area contributed by atoms with Gasteiger partial charge in [0.05, 0.1) is 11.9 Å². The zero-order valence-electron chi connectivity index (χ0n) is 18.6. The summed E-state index contributed by atoms with van der Waals surface area (Å²) in [6.45, 7) is 5.62. The average Bonchev–Trinajstić information content (AvgIpc) is 2.83. The molecule has 0 N–H and O–H groups in total. The van der Waals surface area contributed by atoms with E-state index in [4.69, 9.17) is 0 Å². The summed E-state index contributed by atoms with van der Waals surface area (Å²) in [5.74, 6) is -0.247. The molecule has 0 aliphatic carbocycles. The Labute approximate surface area is 188 Å². The molecule has 32 heavy (non-hydrogen) atoms. The summed E-state index contributed by atoms with van der Waals surface area (Å²) in [5, 5.41) is 0. The van der Waals surface area contributed by atoms with Crippen LogP contribution in [0.15, 0.2) is 67.0 Å². The molecule has 3 aromatic rings. The zero-order valence-corrected chi connectivity index (χ0v) is 18.6. The van der Waals surface area contributed by atoms with Gasteiger partial charge >= 0.3 is 0 Å². The fourth-order valence-electron chi connectivity index (χ4n) is 4.15. The van der Waals surface area contributed by atoms with Gasteiger partial charge in [0.2, 0.25) is 5.91 Å². The zero-order chi connectivity index (χ0) is 22.5. The number of nitrogens with zero attached hydrogens (tertiary/aromatic N) is 4. The summed E-state index contributed by atoms with van der Waals surface area (Å²) >= 11 is 0. The average molecular weight is 429 g/mol. The lowest BCUT2D eigenvalue weighted by molar-refractivity contribution is -0.140. The molecule has 2 amide bonds. The van der Waals surface area contributed by atoms with Crippen molar-refractivity contribution >= 4 is 11.8 Å². The second kappa shape index (κ2) is 9.73. The molecule has 0 saturated carbocycles. The standard InChI is InChI=1S/C26H28N4O2/c1-3-12-29-13-14-30(25(31)23-18-27-19(2)17-28-23)24(26(29)32)16-20-8-7-11-22(15-20)21-9-5-4-6-10-21/h4-11,15,17-18,24H,3,12-14,16H2,1-2H3. The van der Waals surface area contributed by atoms with E-state index >= 15 is 0 Å². The van der Waals surface area contributed by atoms with Gasteiger partial charge < -0.3 is 9.80 Å². The first-order valence-corrected chi connectivity index (χ1v) is 11.1. The summed E-state index contributed by atoms with van der Waals surface area (Å²) < 4.78 is 0. The molecule has 0 bridgehead atoms. The molecule has 4 rings (SSSR count). The van der Waals surface area contributed by atoms with Crippen molar-refractivity contribution in [3.05, 3.63) is 83.9 Å². The summed E-state index contributed by atoms with van der Waals surface area (Å²) in [7, 11) is 0. The van der Waals surface area contributed by atoms with Crippen LogP contribution < -0.4 is 0 Å². The third-order valence-corrected chi connectivity index (χ3v) is 5.80. The topological polar surface area (TPSA) is 66.4 Å². The molecule has 6 nitrogen and oxygen atoms in total. The molecule has 1 saturated heterocycles. The maximum atomic E-state index is 13.4. The third kappa shape index (κ3) is 4.69. The van der Waals surface area contributed by atoms with Crippen molar-refractivity contribution in [2.45, 2.75) is 32.7 Å². The third-order valence-electron chi connectivity index (χ3n) is 5.80. The highest BCUT2D eigenvalue weighted by molar-refractivity contribution is 5.96. The molecular formula is C26H28N4O2. The maximum Gasteiger partial charge on any atom is 0.274 e. The van der Waals surface area contributed by atoms with Crippen LogP contribution >= 0.6 is 0 Å². The lowest BCUT2D eigenvalue weighted by Crippen LogP contribution is -2.59. The Morgan fingerprint density at radius 3 is 2.50 bits per heavy atom. The number of benzene rings is 2. The van der Waals surface area contributed by atoms with Crippen LogP contribution in [-0.2, 0) is 11.2 Å². The van der Waals surface area contributed by atoms with Crippen molar-refractivity contribution in [2.24, 2.45) is 0 Å². The number of carbonyl (C=O) groups excluding carboxylic acids is 2. The van der Waals surface area contributed by atoms with E-state index in [0.29, 0.717) is 26.1 Å². The van der Waals surface area contributed by atoms with Crippen molar-refractivity contribution in [1.82, 2.24) is 19.8 Å². The van der Waals surface area contributed by atoms with E-state index in [2.05, 4.69) is 41.2 Å². The Kier molecular flexibility index (Phi) is 6.59. The Morgan fingerprint density at radius 1 is 1.00 bits per heavy atom. The van der Waals surface area contributed by atoms with E-state index in [-0.39, 0.29) is 17.5 Å². The number of hydrogen-bond donors (Lipinski definition) is 0. The van der Waals surface area contributed by atoms with Crippen molar-refractivity contribution in [2.75, 3.05) is 19.6 Å². The first-order valence-electron chi connectivity index (χ1n) is 11.1. The molecule has 1 aliphatic heterocycles. The molecular weight excluding hydrogens is 400 g/mol. The second-order valence-electron chi connectivity index (χ2n) is 8.15. The largest absolute Gasteiger partial charge is 0.339 e. The normalized spacial score (nSPS) is 16.3. The SMILES string of the molecule is CCCN1CCN(C(=O)c2cnc(C)cn2)C(Cc2cccc(-c3ccccc3)c2)C1=O. The lowest BCUT2D eigenvalue weighted by atomic mass is 9.97. The molecule has 1 aliphatic rings. The molecule has 1 atom stereocenters. The van der Waals surface area contributed by atoms with Crippen LogP contribution in [0.2, 0.25) is 0 Å². The fourth-order valence-corrected chi connectivity index (χ4v) is 4.15. The minimum atomic E-state index is -0.558. The molecule has 2 heterocycles. The van der Waals surface area contributed by atoms with Crippen LogP contribution in [0.3, 0.4) is 0 Å². The van der Waals surface area contributed by atoms with E-state index < -0.39 is 6.04 Å².